The zero-order valence-electron chi connectivity index (χ0n) is 14.4. The number of carbonyl (C=O) groups excluding carboxylic acids is 1. The highest BCUT2D eigenvalue weighted by Gasteiger charge is 2.43. The molecule has 2 aliphatic carbocycles. The molecule has 2 aromatic rings. The third-order valence-electron chi connectivity index (χ3n) is 5.82. The second-order valence-corrected chi connectivity index (χ2v) is 8.17. The minimum atomic E-state index is 0.0653. The summed E-state index contributed by atoms with van der Waals surface area (Å²) in [6.45, 7) is 4.54. The number of ketones is 1. The number of benzene rings is 2. The Labute approximate surface area is 152 Å². The van der Waals surface area contributed by atoms with Crippen LogP contribution >= 0.6 is 15.9 Å². The summed E-state index contributed by atoms with van der Waals surface area (Å²) < 4.78 is 1.15. The topological polar surface area (TPSA) is 17.1 Å². The van der Waals surface area contributed by atoms with E-state index in [1.165, 1.54) is 27.8 Å². The number of halogens is 1. The molecule has 24 heavy (non-hydrogen) atoms. The quantitative estimate of drug-likeness (QED) is 0.593. The molecule has 0 amide bonds. The second kappa shape index (κ2) is 5.84. The van der Waals surface area contributed by atoms with E-state index in [1.54, 1.807) is 0 Å². The molecule has 0 N–H and O–H groups in total. The fraction of sp³-hybridized carbons (Fsp3) is 0.409. The summed E-state index contributed by atoms with van der Waals surface area (Å²) in [4.78, 5) is 12.3. The first-order valence-corrected chi connectivity index (χ1v) is 9.91. The van der Waals surface area contributed by atoms with Crippen LogP contribution in [0.4, 0.5) is 0 Å². The van der Waals surface area contributed by atoms with Crippen LogP contribution in [0.25, 0.3) is 11.1 Å². The van der Waals surface area contributed by atoms with E-state index in [0.717, 1.165) is 42.1 Å². The zero-order chi connectivity index (χ0) is 16.9. The number of carbonyl (C=O) groups is 1. The van der Waals surface area contributed by atoms with E-state index in [0.29, 0.717) is 12.2 Å². The number of fused-ring (bicyclic) bond motifs is 4. The molecule has 0 saturated carbocycles. The average Bonchev–Trinajstić information content (AvgIpc) is 3.04. The van der Waals surface area contributed by atoms with E-state index < -0.39 is 0 Å². The number of rotatable bonds is 4. The van der Waals surface area contributed by atoms with E-state index in [9.17, 15) is 4.79 Å². The third-order valence-corrected chi connectivity index (χ3v) is 6.31. The number of hydrogen-bond acceptors (Lipinski definition) is 1. The van der Waals surface area contributed by atoms with Gasteiger partial charge in [-0.15, -0.1) is 0 Å². The van der Waals surface area contributed by atoms with Crippen LogP contribution in [0, 0.1) is 0 Å². The average molecular weight is 383 g/mol. The maximum Gasteiger partial charge on any atom is 0.163 e. The summed E-state index contributed by atoms with van der Waals surface area (Å²) in [5, 5.41) is 0. The van der Waals surface area contributed by atoms with Crippen molar-refractivity contribution in [2.45, 2.75) is 57.8 Å². The largest absolute Gasteiger partial charge is 0.294 e. The molecule has 2 aliphatic rings. The van der Waals surface area contributed by atoms with Gasteiger partial charge in [-0.25, -0.2) is 0 Å². The molecular weight excluding hydrogens is 360 g/mol. The van der Waals surface area contributed by atoms with Crippen molar-refractivity contribution in [1.29, 1.82) is 0 Å². The fourth-order valence-electron chi connectivity index (χ4n) is 4.92. The first kappa shape index (κ1) is 16.1. The number of Topliss-reactive ketones (excluding diaryl/α,β-unsaturated/α-hetero) is 1. The maximum atomic E-state index is 12.3. The van der Waals surface area contributed by atoms with E-state index in [4.69, 9.17) is 0 Å². The minimum absolute atomic E-state index is 0.0653. The van der Waals surface area contributed by atoms with Gasteiger partial charge in [0.15, 0.2) is 5.78 Å². The highest BCUT2D eigenvalue weighted by atomic mass is 79.9. The number of aryl methyl sites for hydroxylation is 1. The molecule has 2 aromatic carbocycles. The van der Waals surface area contributed by atoms with Crippen LogP contribution in [0.2, 0.25) is 0 Å². The molecule has 0 fully saturated rings. The van der Waals surface area contributed by atoms with Crippen molar-refractivity contribution < 1.29 is 4.79 Å². The van der Waals surface area contributed by atoms with Crippen molar-refractivity contribution in [3.63, 3.8) is 0 Å². The van der Waals surface area contributed by atoms with Gasteiger partial charge < -0.3 is 0 Å². The lowest BCUT2D eigenvalue weighted by Crippen LogP contribution is -2.25. The van der Waals surface area contributed by atoms with Crippen LogP contribution in [0.1, 0.15) is 73.0 Å². The molecular formula is C22H23BrO. The lowest BCUT2D eigenvalue weighted by atomic mass is 9.71. The minimum Gasteiger partial charge on any atom is -0.294 e. The van der Waals surface area contributed by atoms with Crippen molar-refractivity contribution in [2.24, 2.45) is 0 Å². The van der Waals surface area contributed by atoms with Crippen molar-refractivity contribution in [2.75, 3.05) is 0 Å². The van der Waals surface area contributed by atoms with Gasteiger partial charge in [0.2, 0.25) is 0 Å². The standard InChI is InChI=1S/C22H23BrO/c1-3-9-22(10-4-2)19-12-15(23)6-7-16(19)18-11-14-5-8-21(24)17(14)13-20(18)22/h6-7,11-13H,3-5,8-10H2,1-2H3. The molecule has 124 valence electrons. The first-order valence-electron chi connectivity index (χ1n) is 9.11. The van der Waals surface area contributed by atoms with E-state index >= 15 is 0 Å². The Morgan fingerprint density at radius 2 is 1.62 bits per heavy atom. The molecule has 0 spiro atoms. The van der Waals surface area contributed by atoms with Crippen LogP contribution in [-0.2, 0) is 11.8 Å². The molecule has 0 unspecified atom stereocenters. The Morgan fingerprint density at radius 1 is 0.917 bits per heavy atom. The highest BCUT2D eigenvalue weighted by molar-refractivity contribution is 9.10. The molecule has 1 nitrogen and oxygen atoms in total. The molecule has 0 radical (unpaired) electrons. The van der Waals surface area contributed by atoms with Gasteiger partial charge in [-0.3, -0.25) is 4.79 Å². The molecule has 0 saturated heterocycles. The summed E-state index contributed by atoms with van der Waals surface area (Å²) >= 11 is 3.67. The predicted molar refractivity (Wildman–Crippen MR) is 103 cm³/mol. The van der Waals surface area contributed by atoms with E-state index in [-0.39, 0.29) is 5.41 Å². The van der Waals surface area contributed by atoms with Crippen LogP contribution < -0.4 is 0 Å². The van der Waals surface area contributed by atoms with Crippen LogP contribution in [0.3, 0.4) is 0 Å². The molecule has 0 heterocycles. The van der Waals surface area contributed by atoms with Gasteiger partial charge in [0.25, 0.3) is 0 Å². The fourth-order valence-corrected chi connectivity index (χ4v) is 5.28. The van der Waals surface area contributed by atoms with Crippen LogP contribution in [0.5, 0.6) is 0 Å². The SMILES string of the molecule is CCCC1(CCC)c2cc(Br)ccc2-c2cc3c(cc21)C(=O)CC3. The normalized spacial score (nSPS) is 16.9. The Bertz CT molecular complexity index is 828. The maximum absolute atomic E-state index is 12.3. The molecule has 2 heteroatoms. The van der Waals surface area contributed by atoms with Gasteiger partial charge in [0.05, 0.1) is 0 Å². The first-order chi connectivity index (χ1) is 11.6. The summed E-state index contributed by atoms with van der Waals surface area (Å²) in [7, 11) is 0. The van der Waals surface area contributed by atoms with Gasteiger partial charge in [-0.2, -0.15) is 0 Å². The Kier molecular flexibility index (Phi) is 3.91. The summed E-state index contributed by atoms with van der Waals surface area (Å²) in [5.74, 6) is 0.326. The monoisotopic (exact) mass is 382 g/mol. The van der Waals surface area contributed by atoms with Crippen LogP contribution in [-0.4, -0.2) is 5.78 Å². The highest BCUT2D eigenvalue weighted by Crippen LogP contribution is 2.55. The Morgan fingerprint density at radius 3 is 2.33 bits per heavy atom. The van der Waals surface area contributed by atoms with Crippen molar-refractivity contribution >= 4 is 21.7 Å². The summed E-state index contributed by atoms with van der Waals surface area (Å²) in [6.07, 6.45) is 6.17. The van der Waals surface area contributed by atoms with Gasteiger partial charge in [0, 0.05) is 21.9 Å². The zero-order valence-corrected chi connectivity index (χ0v) is 16.0. The van der Waals surface area contributed by atoms with Gasteiger partial charge in [-0.05, 0) is 65.3 Å². The third kappa shape index (κ3) is 2.15. The molecule has 0 atom stereocenters. The lowest BCUT2D eigenvalue weighted by Gasteiger charge is -2.32. The molecule has 4 rings (SSSR count). The molecule has 0 aliphatic heterocycles. The van der Waals surface area contributed by atoms with E-state index in [1.807, 2.05) is 0 Å². The van der Waals surface area contributed by atoms with Crippen molar-refractivity contribution in [1.82, 2.24) is 0 Å². The molecule has 0 aromatic heterocycles. The van der Waals surface area contributed by atoms with Crippen molar-refractivity contribution in [3.05, 3.63) is 57.1 Å². The van der Waals surface area contributed by atoms with Gasteiger partial charge in [0.1, 0.15) is 0 Å². The predicted octanol–water partition coefficient (Wildman–Crippen LogP) is 6.44. The Hall–Kier alpha value is -1.41. The smallest absolute Gasteiger partial charge is 0.163 e. The number of hydrogen-bond donors (Lipinski definition) is 0. The van der Waals surface area contributed by atoms with Gasteiger partial charge >= 0.3 is 0 Å². The Balaban J connectivity index is 2.03. The lowest BCUT2D eigenvalue weighted by molar-refractivity contribution is 0.0994. The van der Waals surface area contributed by atoms with Crippen LogP contribution in [0.15, 0.2) is 34.8 Å². The molecule has 0 bridgehead atoms. The second-order valence-electron chi connectivity index (χ2n) is 7.25. The van der Waals surface area contributed by atoms with Crippen molar-refractivity contribution in [3.8, 4) is 11.1 Å². The van der Waals surface area contributed by atoms with Gasteiger partial charge in [-0.1, -0.05) is 54.8 Å². The summed E-state index contributed by atoms with van der Waals surface area (Å²) in [5.41, 5.74) is 7.88. The summed E-state index contributed by atoms with van der Waals surface area (Å²) in [6, 6.07) is 11.3. The van der Waals surface area contributed by atoms with E-state index in [2.05, 4.69) is 60.1 Å².